The van der Waals surface area contributed by atoms with Crippen molar-refractivity contribution in [1.29, 1.82) is 0 Å². The van der Waals surface area contributed by atoms with Crippen molar-refractivity contribution in [3.05, 3.63) is 41.1 Å². The molecule has 0 aromatic heterocycles. The Kier molecular flexibility index (Phi) is 7.57. The molecule has 0 aliphatic carbocycles. The summed E-state index contributed by atoms with van der Waals surface area (Å²) in [7, 11) is -3.79. The number of hydrogen-bond acceptors (Lipinski definition) is 7. The maximum absolute atomic E-state index is 12.3. The Bertz CT molecular complexity index is 1010. The number of sulfonamides is 1. The molecule has 0 fully saturated rings. The predicted octanol–water partition coefficient (Wildman–Crippen LogP) is 0.273. The van der Waals surface area contributed by atoms with Gasteiger partial charge in [-0.25, -0.2) is 22.8 Å². The zero-order chi connectivity index (χ0) is 22.3. The lowest BCUT2D eigenvalue weighted by molar-refractivity contribution is -0.139. The second-order valence-corrected chi connectivity index (χ2v) is 7.83. The maximum atomic E-state index is 12.3. The van der Waals surface area contributed by atoms with Crippen LogP contribution in [0.3, 0.4) is 0 Å². The topological polar surface area (TPSA) is 140 Å². The van der Waals surface area contributed by atoms with Crippen molar-refractivity contribution in [2.45, 2.75) is 24.8 Å². The highest BCUT2D eigenvalue weighted by Crippen LogP contribution is 2.16. The molecule has 0 saturated heterocycles. The molecule has 0 radical (unpaired) electrons. The molecular formula is C19H21N3O7S. The summed E-state index contributed by atoms with van der Waals surface area (Å²) in [6.45, 7) is 2.84. The molecule has 1 heterocycles. The molecule has 0 saturated carbocycles. The second kappa shape index (κ2) is 9.91. The molecular weight excluding hydrogens is 414 g/mol. The smallest absolute Gasteiger partial charge is 0.338 e. The van der Waals surface area contributed by atoms with Crippen LogP contribution in [0.5, 0.6) is 0 Å². The lowest BCUT2D eigenvalue weighted by Gasteiger charge is -2.26. The van der Waals surface area contributed by atoms with Crippen LogP contribution in [0.15, 0.2) is 40.4 Å². The summed E-state index contributed by atoms with van der Waals surface area (Å²) < 4.78 is 36.4. The minimum absolute atomic E-state index is 0.0685. The van der Waals surface area contributed by atoms with Crippen molar-refractivity contribution >= 4 is 28.0 Å². The lowest BCUT2D eigenvalue weighted by Crippen LogP contribution is -2.50. The lowest BCUT2D eigenvalue weighted by atomic mass is 10.0. The van der Waals surface area contributed by atoms with E-state index < -0.39 is 34.0 Å². The maximum Gasteiger partial charge on any atom is 0.338 e. The number of carbonyl (C=O) groups excluding carboxylic acids is 3. The highest BCUT2D eigenvalue weighted by molar-refractivity contribution is 7.89. The van der Waals surface area contributed by atoms with Crippen LogP contribution in [-0.4, -0.2) is 52.2 Å². The van der Waals surface area contributed by atoms with Crippen LogP contribution in [0.4, 0.5) is 4.79 Å². The molecule has 1 aliphatic rings. The molecule has 160 valence electrons. The number of terminal acetylenes is 1. The summed E-state index contributed by atoms with van der Waals surface area (Å²) in [6.07, 6.45) is 5.03. The fraction of sp³-hybridized carbons (Fsp3) is 0.316. The van der Waals surface area contributed by atoms with Crippen molar-refractivity contribution in [3.63, 3.8) is 0 Å². The predicted molar refractivity (Wildman–Crippen MR) is 106 cm³/mol. The molecule has 10 nitrogen and oxygen atoms in total. The molecule has 30 heavy (non-hydrogen) atoms. The number of rotatable bonds is 8. The van der Waals surface area contributed by atoms with Gasteiger partial charge in [0.15, 0.2) is 0 Å². The van der Waals surface area contributed by atoms with Gasteiger partial charge in [0.1, 0.15) is 6.61 Å². The van der Waals surface area contributed by atoms with Crippen molar-refractivity contribution in [1.82, 2.24) is 15.4 Å². The van der Waals surface area contributed by atoms with Gasteiger partial charge in [-0.15, -0.1) is 6.42 Å². The molecule has 1 atom stereocenters. The average Bonchev–Trinajstić information content (AvgIpc) is 2.70. The Labute approximate surface area is 174 Å². The van der Waals surface area contributed by atoms with Gasteiger partial charge in [-0.05, 0) is 38.1 Å². The van der Waals surface area contributed by atoms with Crippen LogP contribution in [-0.2, 0) is 24.3 Å². The molecule has 3 N–H and O–H groups in total. The summed E-state index contributed by atoms with van der Waals surface area (Å²) in [6, 6.07) is 3.83. The number of carbonyl (C=O) groups is 3. The van der Waals surface area contributed by atoms with Crippen molar-refractivity contribution in [3.8, 4) is 12.3 Å². The number of ether oxygens (including phenoxy) is 2. The van der Waals surface area contributed by atoms with Crippen LogP contribution in [0.1, 0.15) is 24.2 Å². The van der Waals surface area contributed by atoms with Crippen molar-refractivity contribution < 1.29 is 32.3 Å². The SMILES string of the molecule is C#CCNS(=O)(=O)c1ccc(C(=O)OCC2=C(C(=O)OCC)C(C)NC(=O)N2)cc1. The summed E-state index contributed by atoms with van der Waals surface area (Å²) >= 11 is 0. The first kappa shape index (κ1) is 22.9. The summed E-state index contributed by atoms with van der Waals surface area (Å²) in [4.78, 5) is 36.1. The van der Waals surface area contributed by atoms with Gasteiger partial charge in [0.05, 0.1) is 40.9 Å². The summed E-state index contributed by atoms with van der Waals surface area (Å²) in [5, 5.41) is 4.97. The summed E-state index contributed by atoms with van der Waals surface area (Å²) in [5.41, 5.74) is 0.332. The summed E-state index contributed by atoms with van der Waals surface area (Å²) in [5.74, 6) is 0.748. The number of esters is 2. The zero-order valence-corrected chi connectivity index (χ0v) is 17.2. The largest absolute Gasteiger partial charge is 0.463 e. The monoisotopic (exact) mass is 435 g/mol. The van der Waals surface area contributed by atoms with E-state index in [1.54, 1.807) is 13.8 Å². The molecule has 2 amide bonds. The van der Waals surface area contributed by atoms with Gasteiger partial charge in [0, 0.05) is 0 Å². The van der Waals surface area contributed by atoms with Crippen LogP contribution >= 0.6 is 0 Å². The molecule has 1 unspecified atom stereocenters. The Balaban J connectivity index is 2.13. The molecule has 1 aromatic rings. The first-order valence-electron chi connectivity index (χ1n) is 8.87. The van der Waals surface area contributed by atoms with E-state index in [1.807, 2.05) is 0 Å². The zero-order valence-electron chi connectivity index (χ0n) is 16.4. The minimum atomic E-state index is -3.79. The highest BCUT2D eigenvalue weighted by Gasteiger charge is 2.30. The van der Waals surface area contributed by atoms with E-state index in [0.717, 1.165) is 0 Å². The third-order valence-corrected chi connectivity index (χ3v) is 5.39. The number of amides is 2. The fourth-order valence-corrected chi connectivity index (χ4v) is 3.54. The highest BCUT2D eigenvalue weighted by atomic mass is 32.2. The molecule has 1 aromatic carbocycles. The normalized spacial score (nSPS) is 16.2. The molecule has 2 rings (SSSR count). The van der Waals surface area contributed by atoms with Gasteiger partial charge in [-0.3, -0.25) is 0 Å². The standard InChI is InChI=1S/C19H21N3O7S/c1-4-10-20-30(26,27)14-8-6-13(7-9-14)17(23)29-11-15-16(18(24)28-5-2)12(3)21-19(25)22-15/h1,6-9,12,20H,5,10-11H2,2-3H3,(H2,21,22,25). The van der Waals surface area contributed by atoms with Gasteiger partial charge < -0.3 is 20.1 Å². The Morgan fingerprint density at radius 1 is 1.20 bits per heavy atom. The van der Waals surface area contributed by atoms with E-state index in [-0.39, 0.29) is 41.5 Å². The number of hydrogen-bond donors (Lipinski definition) is 3. The van der Waals surface area contributed by atoms with Crippen LogP contribution in [0, 0.1) is 12.3 Å². The van der Waals surface area contributed by atoms with Gasteiger partial charge in [-0.1, -0.05) is 5.92 Å². The molecule has 11 heteroatoms. The van der Waals surface area contributed by atoms with E-state index in [4.69, 9.17) is 15.9 Å². The number of benzene rings is 1. The van der Waals surface area contributed by atoms with E-state index in [0.29, 0.717) is 0 Å². The third kappa shape index (κ3) is 5.59. The van der Waals surface area contributed by atoms with E-state index in [2.05, 4.69) is 21.3 Å². The van der Waals surface area contributed by atoms with Crippen LogP contribution in [0.2, 0.25) is 0 Å². The van der Waals surface area contributed by atoms with E-state index in [9.17, 15) is 22.8 Å². The van der Waals surface area contributed by atoms with Gasteiger partial charge in [0.25, 0.3) is 0 Å². The minimum Gasteiger partial charge on any atom is -0.463 e. The van der Waals surface area contributed by atoms with Gasteiger partial charge in [-0.2, -0.15) is 4.72 Å². The number of nitrogens with one attached hydrogen (secondary N) is 3. The number of urea groups is 1. The molecule has 0 spiro atoms. The van der Waals surface area contributed by atoms with Crippen LogP contribution < -0.4 is 15.4 Å². The third-order valence-electron chi connectivity index (χ3n) is 3.98. The Morgan fingerprint density at radius 2 is 1.87 bits per heavy atom. The first-order chi connectivity index (χ1) is 14.2. The average molecular weight is 435 g/mol. The van der Waals surface area contributed by atoms with E-state index in [1.165, 1.54) is 24.3 Å². The Morgan fingerprint density at radius 3 is 2.47 bits per heavy atom. The molecule has 0 bridgehead atoms. The van der Waals surface area contributed by atoms with Gasteiger partial charge in [0.2, 0.25) is 10.0 Å². The second-order valence-electron chi connectivity index (χ2n) is 6.06. The van der Waals surface area contributed by atoms with Gasteiger partial charge >= 0.3 is 18.0 Å². The quantitative estimate of drug-likeness (QED) is 0.393. The Hall–Kier alpha value is -3.36. The van der Waals surface area contributed by atoms with Crippen LogP contribution in [0.25, 0.3) is 0 Å². The molecule has 1 aliphatic heterocycles. The van der Waals surface area contributed by atoms with Crippen molar-refractivity contribution in [2.75, 3.05) is 19.8 Å². The van der Waals surface area contributed by atoms with E-state index >= 15 is 0 Å². The fourth-order valence-electron chi connectivity index (χ4n) is 2.60. The van der Waals surface area contributed by atoms with Crippen molar-refractivity contribution in [2.24, 2.45) is 0 Å². The first-order valence-corrected chi connectivity index (χ1v) is 10.4.